The first-order chi connectivity index (χ1) is 15.0. The van der Waals surface area contributed by atoms with Crippen LogP contribution in [0.2, 0.25) is 0 Å². The lowest BCUT2D eigenvalue weighted by Gasteiger charge is -2.39. The van der Waals surface area contributed by atoms with Crippen molar-refractivity contribution >= 4 is 0 Å². The summed E-state index contributed by atoms with van der Waals surface area (Å²) >= 11 is 0. The van der Waals surface area contributed by atoms with Gasteiger partial charge in [0.1, 0.15) is 6.79 Å². The molecule has 0 amide bonds. The van der Waals surface area contributed by atoms with Gasteiger partial charge in [-0.2, -0.15) is 0 Å². The van der Waals surface area contributed by atoms with Crippen molar-refractivity contribution in [3.8, 4) is 0 Å². The summed E-state index contributed by atoms with van der Waals surface area (Å²) < 4.78 is 10.8. The molecule has 0 saturated carbocycles. The number of ether oxygens (including phenoxy) is 2. The smallest absolute Gasteiger partial charge is 0.146 e. The third-order valence-electron chi connectivity index (χ3n) is 5.60. The van der Waals surface area contributed by atoms with Gasteiger partial charge in [-0.1, -0.05) is 98.8 Å². The maximum absolute atomic E-state index is 5.68. The third kappa shape index (κ3) is 8.82. The summed E-state index contributed by atoms with van der Waals surface area (Å²) in [6.07, 6.45) is 5.26. The van der Waals surface area contributed by atoms with E-state index in [1.165, 1.54) is 16.7 Å². The number of benzene rings is 2. The van der Waals surface area contributed by atoms with E-state index in [1.54, 1.807) is 7.11 Å². The fourth-order valence-electron chi connectivity index (χ4n) is 4.21. The average Bonchev–Trinajstić information content (AvgIpc) is 2.77. The molecule has 0 radical (unpaired) electrons. The van der Waals surface area contributed by atoms with E-state index >= 15 is 0 Å². The summed E-state index contributed by atoms with van der Waals surface area (Å²) in [6, 6.07) is 21.9. The van der Waals surface area contributed by atoms with E-state index < -0.39 is 0 Å². The molecule has 3 nitrogen and oxygen atoms in total. The van der Waals surface area contributed by atoms with E-state index in [2.05, 4.69) is 99.0 Å². The molecule has 0 saturated heterocycles. The van der Waals surface area contributed by atoms with Gasteiger partial charge in [0.2, 0.25) is 0 Å². The van der Waals surface area contributed by atoms with Crippen molar-refractivity contribution in [2.75, 3.05) is 20.5 Å². The van der Waals surface area contributed by atoms with Gasteiger partial charge in [0.25, 0.3) is 0 Å². The number of nitrogens with zero attached hydrogens (tertiary/aromatic N) is 1. The fraction of sp³-hybridized carbons (Fsp3) is 0.429. The van der Waals surface area contributed by atoms with Crippen molar-refractivity contribution in [1.29, 1.82) is 0 Å². The van der Waals surface area contributed by atoms with Crippen molar-refractivity contribution in [2.24, 2.45) is 11.8 Å². The Bertz CT molecular complexity index is 729. The first-order valence-corrected chi connectivity index (χ1v) is 11.2. The Morgan fingerprint density at radius 3 is 1.97 bits per heavy atom. The van der Waals surface area contributed by atoms with Crippen LogP contribution in [-0.2, 0) is 22.6 Å². The molecule has 0 fully saturated rings. The van der Waals surface area contributed by atoms with Crippen LogP contribution in [0.3, 0.4) is 0 Å². The molecule has 3 heteroatoms. The minimum Gasteiger partial charge on any atom is -0.359 e. The molecule has 0 aliphatic rings. The van der Waals surface area contributed by atoms with Crippen LogP contribution in [0.1, 0.15) is 38.3 Å². The maximum Gasteiger partial charge on any atom is 0.146 e. The topological polar surface area (TPSA) is 21.7 Å². The molecule has 0 aliphatic carbocycles. The average molecular weight is 422 g/mol. The zero-order valence-electron chi connectivity index (χ0n) is 19.7. The van der Waals surface area contributed by atoms with Gasteiger partial charge < -0.3 is 9.47 Å². The first-order valence-electron chi connectivity index (χ1n) is 11.2. The molecular weight excluding hydrogens is 382 g/mol. The molecule has 0 spiro atoms. The summed E-state index contributed by atoms with van der Waals surface area (Å²) in [6.45, 7) is 13.6. The summed E-state index contributed by atoms with van der Waals surface area (Å²) in [5.74, 6) is 0.830. The van der Waals surface area contributed by atoms with Gasteiger partial charge in [-0.25, -0.2) is 0 Å². The fourth-order valence-corrected chi connectivity index (χ4v) is 4.21. The molecule has 0 unspecified atom stereocenters. The van der Waals surface area contributed by atoms with Gasteiger partial charge in [-0.3, -0.25) is 4.90 Å². The Morgan fingerprint density at radius 2 is 1.52 bits per heavy atom. The molecule has 0 aromatic heterocycles. The third-order valence-corrected chi connectivity index (χ3v) is 5.60. The Kier molecular flexibility index (Phi) is 11.3. The van der Waals surface area contributed by atoms with Gasteiger partial charge in [-0.15, -0.1) is 0 Å². The van der Waals surface area contributed by atoms with Crippen molar-refractivity contribution in [3.63, 3.8) is 0 Å². The van der Waals surface area contributed by atoms with E-state index in [0.29, 0.717) is 31.3 Å². The van der Waals surface area contributed by atoms with E-state index in [4.69, 9.17) is 9.47 Å². The van der Waals surface area contributed by atoms with Crippen LogP contribution in [0.15, 0.2) is 85.0 Å². The van der Waals surface area contributed by atoms with E-state index in [0.717, 1.165) is 19.5 Å². The molecule has 0 bridgehead atoms. The largest absolute Gasteiger partial charge is 0.359 e. The molecule has 2 rings (SSSR count). The molecule has 0 N–H and O–H groups in total. The molecular formula is C28H39NO2. The normalized spacial score (nSPS) is 14.1. The molecule has 2 atom stereocenters. The Balaban J connectivity index is 2.36. The van der Waals surface area contributed by atoms with Crippen molar-refractivity contribution < 1.29 is 9.47 Å². The van der Waals surface area contributed by atoms with Crippen molar-refractivity contribution in [1.82, 2.24) is 4.90 Å². The second-order valence-corrected chi connectivity index (χ2v) is 8.49. The van der Waals surface area contributed by atoms with Crippen LogP contribution >= 0.6 is 0 Å². The van der Waals surface area contributed by atoms with Gasteiger partial charge in [0.15, 0.2) is 0 Å². The van der Waals surface area contributed by atoms with Crippen LogP contribution in [-0.4, -0.2) is 31.5 Å². The van der Waals surface area contributed by atoms with Crippen LogP contribution in [0.5, 0.6) is 0 Å². The Morgan fingerprint density at radius 1 is 0.968 bits per heavy atom. The van der Waals surface area contributed by atoms with E-state index in [-0.39, 0.29) is 0 Å². The predicted molar refractivity (Wildman–Crippen MR) is 131 cm³/mol. The van der Waals surface area contributed by atoms with E-state index in [9.17, 15) is 0 Å². The monoisotopic (exact) mass is 421 g/mol. The first kappa shape index (κ1) is 25.1. The van der Waals surface area contributed by atoms with Crippen LogP contribution in [0.4, 0.5) is 0 Å². The summed E-state index contributed by atoms with van der Waals surface area (Å²) in [7, 11) is 1.66. The summed E-state index contributed by atoms with van der Waals surface area (Å²) in [5, 5.41) is 0. The highest BCUT2D eigenvalue weighted by molar-refractivity contribution is 5.19. The number of hydrogen-bond acceptors (Lipinski definition) is 3. The highest BCUT2D eigenvalue weighted by Crippen LogP contribution is 2.28. The highest BCUT2D eigenvalue weighted by atomic mass is 16.7. The standard InChI is InChI=1S/C28H39NO2/c1-6-24(4)19-27(17-18-31-22-30-5)28(23(2)3)29(20-25-13-9-7-10-14-25)21-26-15-11-8-12-16-26/h6-16,19,23,27-28H,1,17-18,20-22H2,2-5H3/b24-19+/t27-,28+/m1/s1. The molecule has 31 heavy (non-hydrogen) atoms. The molecule has 2 aromatic rings. The molecule has 2 aromatic carbocycles. The van der Waals surface area contributed by atoms with Crippen LogP contribution in [0.25, 0.3) is 0 Å². The van der Waals surface area contributed by atoms with Crippen LogP contribution < -0.4 is 0 Å². The van der Waals surface area contributed by atoms with Gasteiger partial charge >= 0.3 is 0 Å². The lowest BCUT2D eigenvalue weighted by atomic mass is 9.84. The van der Waals surface area contributed by atoms with Crippen molar-refractivity contribution in [2.45, 2.75) is 46.3 Å². The zero-order valence-corrected chi connectivity index (χ0v) is 19.7. The van der Waals surface area contributed by atoms with Crippen LogP contribution in [0, 0.1) is 11.8 Å². The number of methoxy groups -OCH3 is 1. The minimum atomic E-state index is 0.334. The number of rotatable bonds is 14. The van der Waals surface area contributed by atoms with Gasteiger partial charge in [-0.05, 0) is 36.3 Å². The van der Waals surface area contributed by atoms with Crippen molar-refractivity contribution in [3.05, 3.63) is 96.1 Å². The number of hydrogen-bond donors (Lipinski definition) is 0. The lowest BCUT2D eigenvalue weighted by molar-refractivity contribution is -0.0373. The lowest BCUT2D eigenvalue weighted by Crippen LogP contribution is -2.43. The van der Waals surface area contributed by atoms with Gasteiger partial charge in [0.05, 0.1) is 6.61 Å². The van der Waals surface area contributed by atoms with E-state index in [1.807, 2.05) is 6.08 Å². The summed E-state index contributed by atoms with van der Waals surface area (Å²) in [4.78, 5) is 2.63. The Hall–Kier alpha value is -2.20. The van der Waals surface area contributed by atoms with Gasteiger partial charge in [0, 0.05) is 26.2 Å². The maximum atomic E-state index is 5.68. The zero-order chi connectivity index (χ0) is 22.5. The highest BCUT2D eigenvalue weighted by Gasteiger charge is 2.29. The molecule has 0 aliphatic heterocycles. The Labute approximate surface area is 189 Å². The predicted octanol–water partition coefficient (Wildman–Crippen LogP) is 6.47. The molecule has 168 valence electrons. The summed E-state index contributed by atoms with van der Waals surface area (Å²) in [5.41, 5.74) is 3.88. The minimum absolute atomic E-state index is 0.334. The SMILES string of the molecule is C=C/C(C)=C/[C@@H](CCOCOC)[C@H](C(C)C)N(Cc1ccccc1)Cc1ccccc1. The quantitative estimate of drug-likeness (QED) is 0.198. The molecule has 0 heterocycles. The second-order valence-electron chi connectivity index (χ2n) is 8.49. The second kappa shape index (κ2) is 14.0. The number of allylic oxidation sites excluding steroid dienone is 2.